The average molecular weight is 847 g/mol. The largest absolute Gasteiger partial charge is 0.459 e. The number of esters is 1. The third-order valence-corrected chi connectivity index (χ3v) is 12.0. The molecule has 3 aliphatic rings. The van der Waals surface area contributed by atoms with Crippen LogP contribution < -0.4 is 5.73 Å². The highest BCUT2D eigenvalue weighted by Crippen LogP contribution is 2.40. The van der Waals surface area contributed by atoms with E-state index in [0.717, 1.165) is 0 Å². The van der Waals surface area contributed by atoms with Crippen LogP contribution >= 0.6 is 0 Å². The molecule has 0 spiro atoms. The lowest BCUT2D eigenvalue weighted by molar-refractivity contribution is -0.296. The van der Waals surface area contributed by atoms with E-state index in [1.165, 1.54) is 21.0 Å². The van der Waals surface area contributed by atoms with E-state index in [1.807, 2.05) is 32.8 Å². The lowest BCUT2D eigenvalue weighted by Gasteiger charge is -2.47. The number of ether oxygens (including phenoxy) is 6. The summed E-state index contributed by atoms with van der Waals surface area (Å²) in [4.78, 5) is 61.9. The molecule has 3 aliphatic heterocycles. The summed E-state index contributed by atoms with van der Waals surface area (Å²) < 4.78 is 42.7. The number of oxazole rings is 1. The second kappa shape index (κ2) is 19.3. The van der Waals surface area contributed by atoms with Crippen molar-refractivity contribution < 1.29 is 62.3 Å². The van der Waals surface area contributed by atoms with Crippen LogP contribution in [0.1, 0.15) is 80.3 Å². The van der Waals surface area contributed by atoms with Crippen molar-refractivity contribution in [2.24, 2.45) is 33.8 Å². The van der Waals surface area contributed by atoms with Crippen LogP contribution in [-0.4, -0.2) is 143 Å². The summed E-state index contributed by atoms with van der Waals surface area (Å²) in [6.45, 7) is 12.9. The third-order valence-electron chi connectivity index (χ3n) is 12.0. The van der Waals surface area contributed by atoms with Crippen molar-refractivity contribution >= 4 is 46.5 Å². The molecule has 3 saturated heterocycles. The smallest absolute Gasteiger partial charge is 0.433 e. The van der Waals surface area contributed by atoms with E-state index in [4.69, 9.17) is 43.4 Å². The summed E-state index contributed by atoms with van der Waals surface area (Å²) in [7, 11) is 4.90. The number of aromatic nitrogens is 2. The number of aliphatic hydroxyl groups excluding tert-OH is 1. The normalized spacial score (nSPS) is 37.7. The molecule has 2 aromatic heterocycles. The molecule has 0 aromatic carbocycles. The molecular formula is C41H62N6O13. The zero-order valence-electron chi connectivity index (χ0n) is 36.4. The minimum absolute atomic E-state index is 0.0286. The van der Waals surface area contributed by atoms with Crippen molar-refractivity contribution in [2.45, 2.75) is 135 Å². The summed E-state index contributed by atoms with van der Waals surface area (Å²) in [6, 6.07) is 2.95. The van der Waals surface area contributed by atoms with Gasteiger partial charge >= 0.3 is 12.1 Å². The van der Waals surface area contributed by atoms with Gasteiger partial charge in [-0.05, 0) is 79.1 Å². The molecule has 5 heterocycles. The van der Waals surface area contributed by atoms with E-state index >= 15 is 0 Å². The van der Waals surface area contributed by atoms with Gasteiger partial charge in [0.15, 0.2) is 24.3 Å². The van der Waals surface area contributed by atoms with Gasteiger partial charge in [-0.1, -0.05) is 32.9 Å². The first kappa shape index (κ1) is 46.9. The van der Waals surface area contributed by atoms with Crippen molar-refractivity contribution in [2.75, 3.05) is 40.2 Å². The quantitative estimate of drug-likeness (QED) is 0.205. The molecule has 0 radical (unpaired) electrons. The molecule has 60 heavy (non-hydrogen) atoms. The lowest BCUT2D eigenvalue weighted by atomic mass is 9.73. The van der Waals surface area contributed by atoms with Gasteiger partial charge in [0.05, 0.1) is 49.9 Å². The number of likely N-dealkylation sites (N-methyl/N-ethyl adjacent to an activating group) is 1. The number of carbonyl (C=O) groups excluding carboxylic acids is 3. The summed E-state index contributed by atoms with van der Waals surface area (Å²) >= 11 is 0. The standard InChI is InChI=1S/C41H62N6O13/c1-12-29-41(8,52)34-22(4)30(44-39(51)53-11)20(2)16-40(7,55-18-26(17-54-34)46-56-19-25-13-14-28-35(43-25)45-38(42)58-28)33(23(5)31(48)24(6)36(50)59-29)60-37-32(49)27(47(9)10)15-21(3)57-37/h13-14,20-24,27,29,32-34,37,49,52H,12,15-19H2,1-11H3,(H2,42,43,45)/b44-30+,46-26+/t20-,21-,22+,23+,24-,27+,29-,32-,33-,34+,37+,40-,41-/m1/s1. The number of rotatable bonds is 7. The first-order valence-corrected chi connectivity index (χ1v) is 20.4. The number of anilines is 1. The highest BCUT2D eigenvalue weighted by atomic mass is 16.7. The Morgan fingerprint density at radius 3 is 2.47 bits per heavy atom. The van der Waals surface area contributed by atoms with Crippen LogP contribution in [0.3, 0.4) is 0 Å². The first-order valence-electron chi connectivity index (χ1n) is 20.4. The minimum Gasteiger partial charge on any atom is -0.459 e. The number of fused-ring (bicyclic) bond motifs is 6. The molecular weight excluding hydrogens is 784 g/mol. The summed E-state index contributed by atoms with van der Waals surface area (Å²) in [5.74, 6) is -5.19. The Kier molecular flexibility index (Phi) is 15.1. The number of pyridine rings is 1. The number of Topliss-reactive ketones (excluding diaryl/α,β-unsaturated/α-hetero) is 1. The highest BCUT2D eigenvalue weighted by molar-refractivity contribution is 6.00. The molecule has 5 rings (SSSR count). The Bertz CT molecular complexity index is 1900. The molecule has 2 aromatic rings. The number of hydrogen-bond donors (Lipinski definition) is 3. The van der Waals surface area contributed by atoms with Crippen molar-refractivity contribution in [3.05, 3.63) is 17.8 Å². The van der Waals surface area contributed by atoms with Gasteiger partial charge in [0.1, 0.15) is 29.4 Å². The first-order chi connectivity index (χ1) is 28.2. The summed E-state index contributed by atoms with van der Waals surface area (Å²) in [5, 5.41) is 28.5. The Morgan fingerprint density at radius 1 is 1.08 bits per heavy atom. The maximum atomic E-state index is 14.5. The van der Waals surface area contributed by atoms with Gasteiger partial charge in [0.2, 0.25) is 5.65 Å². The number of amides is 1. The molecule has 3 fully saturated rings. The highest BCUT2D eigenvalue weighted by Gasteiger charge is 2.53. The molecule has 19 nitrogen and oxygen atoms in total. The zero-order valence-corrected chi connectivity index (χ0v) is 36.4. The van der Waals surface area contributed by atoms with Crippen molar-refractivity contribution in [1.29, 1.82) is 0 Å². The van der Waals surface area contributed by atoms with E-state index in [1.54, 1.807) is 39.8 Å². The number of nitrogen functional groups attached to an aromatic ring is 1. The second-order valence-corrected chi connectivity index (χ2v) is 16.9. The third kappa shape index (κ3) is 10.3. The molecule has 0 saturated carbocycles. The van der Waals surface area contributed by atoms with Crippen LogP contribution in [0.4, 0.5) is 10.8 Å². The monoisotopic (exact) mass is 846 g/mol. The van der Waals surface area contributed by atoms with Gasteiger partial charge in [-0.15, -0.1) is 0 Å². The van der Waals surface area contributed by atoms with E-state index in [9.17, 15) is 24.6 Å². The number of carbonyl (C=O) groups is 3. The number of oxime groups is 1. The fraction of sp³-hybridized carbons (Fsp3) is 0.732. The number of cyclic esters (lactones) is 1. The molecule has 334 valence electrons. The maximum absolute atomic E-state index is 14.5. The number of nitrogens with zero attached hydrogens (tertiary/aromatic N) is 5. The Morgan fingerprint density at radius 2 is 1.80 bits per heavy atom. The van der Waals surface area contributed by atoms with Crippen LogP contribution in [0.5, 0.6) is 0 Å². The van der Waals surface area contributed by atoms with E-state index in [2.05, 4.69) is 20.1 Å². The Labute approximate surface area is 350 Å². The SMILES string of the molecule is CC[C@H]1OC(=O)[C@H](C)C(=O)[C@H](C)[C@@H](O[C@@H]2O[C@H](C)C[C@H](N(C)C)[C@H]2O)[C@@]2(C)C[C@@H](C)/C(=N\C(=O)OC)[C@H](C)[C@H](OC/C(=N\OCc3ccc4oc(N)nc4n3)CO2)[C@]1(C)O. The predicted octanol–water partition coefficient (Wildman–Crippen LogP) is 3.46. The number of aliphatic hydroxyl groups is 2. The molecule has 1 amide bonds. The fourth-order valence-electron chi connectivity index (χ4n) is 8.72. The number of ketones is 1. The summed E-state index contributed by atoms with van der Waals surface area (Å²) in [6.07, 6.45) is -6.41. The molecule has 2 bridgehead atoms. The van der Waals surface area contributed by atoms with Crippen molar-refractivity contribution in [1.82, 2.24) is 14.9 Å². The van der Waals surface area contributed by atoms with Gasteiger partial charge in [0, 0.05) is 23.6 Å². The van der Waals surface area contributed by atoms with E-state index < -0.39 is 83.4 Å². The van der Waals surface area contributed by atoms with Crippen LogP contribution in [0.2, 0.25) is 0 Å². The summed E-state index contributed by atoms with van der Waals surface area (Å²) in [5.41, 5.74) is 3.98. The van der Waals surface area contributed by atoms with Gasteiger partial charge in [-0.25, -0.2) is 9.78 Å². The minimum atomic E-state index is -1.92. The maximum Gasteiger partial charge on any atom is 0.433 e. The fourth-order valence-corrected chi connectivity index (χ4v) is 8.72. The second-order valence-electron chi connectivity index (χ2n) is 16.9. The number of methoxy groups -OCH3 is 1. The number of hydrogen-bond acceptors (Lipinski definition) is 18. The number of nitrogens with two attached hydrogens (primary N) is 1. The Balaban J connectivity index is 1.67. The predicted molar refractivity (Wildman–Crippen MR) is 217 cm³/mol. The number of aliphatic imine (C=N–C) groups is 1. The topological polar surface area (TPSA) is 249 Å². The van der Waals surface area contributed by atoms with Crippen molar-refractivity contribution in [3.63, 3.8) is 0 Å². The van der Waals surface area contributed by atoms with Crippen molar-refractivity contribution in [3.8, 4) is 0 Å². The lowest BCUT2D eigenvalue weighted by Crippen LogP contribution is -2.60. The molecule has 0 unspecified atom stereocenters. The molecule has 19 heteroatoms. The van der Waals surface area contributed by atoms with E-state index in [0.29, 0.717) is 23.3 Å². The molecule has 13 atom stereocenters. The average Bonchev–Trinajstić information content (AvgIpc) is 3.57. The van der Waals surface area contributed by atoms with E-state index in [-0.39, 0.29) is 62.2 Å². The van der Waals surface area contributed by atoms with Gasteiger partial charge in [0.25, 0.3) is 6.01 Å². The van der Waals surface area contributed by atoms with Crippen LogP contribution in [0.15, 0.2) is 26.7 Å². The Hall–Kier alpha value is -4.11. The molecule has 4 N–H and O–H groups in total. The van der Waals surface area contributed by atoms with Crippen LogP contribution in [0, 0.1) is 23.7 Å². The van der Waals surface area contributed by atoms with Gasteiger partial charge in [-0.2, -0.15) is 9.98 Å². The molecule has 0 aliphatic carbocycles. The van der Waals surface area contributed by atoms with Crippen LogP contribution in [-0.2, 0) is 49.5 Å². The van der Waals surface area contributed by atoms with Gasteiger partial charge in [-0.3, -0.25) is 9.59 Å². The van der Waals surface area contributed by atoms with Gasteiger partial charge < -0.3 is 58.5 Å². The van der Waals surface area contributed by atoms with Crippen LogP contribution in [0.25, 0.3) is 11.2 Å². The zero-order chi connectivity index (χ0) is 44.3.